The highest BCUT2D eigenvalue weighted by Gasteiger charge is 2.19. The zero-order valence-corrected chi connectivity index (χ0v) is 26.5. The highest BCUT2D eigenvalue weighted by molar-refractivity contribution is 7.26. The fourth-order valence-electron chi connectivity index (χ4n) is 7.05. The Balaban J connectivity index is 1.10. The summed E-state index contributed by atoms with van der Waals surface area (Å²) in [5, 5.41) is 5.88. The molecule has 48 heavy (non-hydrogen) atoms. The number of benzene rings is 7. The van der Waals surface area contributed by atoms with Crippen LogP contribution in [0.1, 0.15) is 0 Å². The molecule has 10 aromatic rings. The van der Waals surface area contributed by atoms with Crippen LogP contribution in [0, 0.1) is 0 Å². The number of nitrogens with zero attached hydrogens (tertiary/aromatic N) is 2. The Bertz CT molecular complexity index is 2850. The minimum absolute atomic E-state index is 0.543. The van der Waals surface area contributed by atoms with Crippen LogP contribution in [0.3, 0.4) is 0 Å². The largest absolute Gasteiger partial charge is 0.436 e. The van der Waals surface area contributed by atoms with Crippen LogP contribution in [0.4, 0.5) is 0 Å². The van der Waals surface area contributed by atoms with Crippen molar-refractivity contribution >= 4 is 64.5 Å². The number of aromatic nitrogens is 2. The maximum atomic E-state index is 6.46. The molecule has 0 saturated carbocycles. The van der Waals surface area contributed by atoms with Crippen molar-refractivity contribution < 1.29 is 4.42 Å². The van der Waals surface area contributed by atoms with Crippen molar-refractivity contribution in [3.05, 3.63) is 158 Å². The predicted octanol–water partition coefficient (Wildman–Crippen LogP) is 12.6. The molecule has 0 bridgehead atoms. The van der Waals surface area contributed by atoms with Gasteiger partial charge in [-0.15, -0.1) is 11.3 Å². The smallest absolute Gasteiger partial charge is 0.246 e. The van der Waals surface area contributed by atoms with E-state index >= 15 is 0 Å². The monoisotopic (exact) mass is 630 g/mol. The number of thiophene rings is 1. The third-order valence-corrected chi connectivity index (χ3v) is 10.6. The fourth-order valence-corrected chi connectivity index (χ4v) is 8.29. The first kappa shape index (κ1) is 27.1. The molecule has 0 atom stereocenters. The zero-order valence-electron chi connectivity index (χ0n) is 25.7. The topological polar surface area (TPSA) is 38.9 Å². The van der Waals surface area contributed by atoms with Gasteiger partial charge in [0.1, 0.15) is 11.1 Å². The molecule has 3 heterocycles. The van der Waals surface area contributed by atoms with Gasteiger partial charge in [-0.25, -0.2) is 9.97 Å². The van der Waals surface area contributed by atoms with E-state index in [1.165, 1.54) is 31.3 Å². The Labute approximate surface area is 280 Å². The molecule has 3 aromatic heterocycles. The van der Waals surface area contributed by atoms with Crippen molar-refractivity contribution in [1.82, 2.24) is 9.97 Å². The first-order valence-electron chi connectivity index (χ1n) is 16.1. The van der Waals surface area contributed by atoms with Crippen LogP contribution in [-0.2, 0) is 0 Å². The van der Waals surface area contributed by atoms with E-state index in [9.17, 15) is 0 Å². The Hall–Kier alpha value is -6.10. The molecular weight excluding hydrogens is 605 g/mol. The average Bonchev–Trinajstić information content (AvgIpc) is 3.74. The Morgan fingerprint density at radius 1 is 0.500 bits per heavy atom. The van der Waals surface area contributed by atoms with E-state index in [-0.39, 0.29) is 0 Å². The number of furan rings is 1. The molecule has 0 fully saturated rings. The summed E-state index contributed by atoms with van der Waals surface area (Å²) >= 11 is 1.86. The Morgan fingerprint density at radius 3 is 2.04 bits per heavy atom. The molecule has 7 aromatic carbocycles. The quantitative estimate of drug-likeness (QED) is 0.194. The molecule has 4 heteroatoms. The highest BCUT2D eigenvalue weighted by Crippen LogP contribution is 2.42. The standard InChI is InChI=1S/C44H26N2OS/c1-2-11-27(12-3-1)37-25-31-13-4-5-18-33(31)40-41-44(47-42(37)40)45-26-38(46-41)32-17-9-15-29(24-32)28-14-8-16-30(23-28)34-20-10-21-36-35-19-6-7-22-39(35)48-43(34)36/h1-26H. The van der Waals surface area contributed by atoms with Crippen LogP contribution in [0.15, 0.2) is 162 Å². The van der Waals surface area contributed by atoms with Crippen LogP contribution in [0.2, 0.25) is 0 Å². The van der Waals surface area contributed by atoms with Crippen LogP contribution < -0.4 is 0 Å². The van der Waals surface area contributed by atoms with Gasteiger partial charge in [-0.2, -0.15) is 0 Å². The lowest BCUT2D eigenvalue weighted by atomic mass is 9.96. The van der Waals surface area contributed by atoms with Crippen LogP contribution in [-0.4, -0.2) is 9.97 Å². The van der Waals surface area contributed by atoms with Crippen molar-refractivity contribution in [2.24, 2.45) is 0 Å². The summed E-state index contributed by atoms with van der Waals surface area (Å²) in [6, 6.07) is 53.8. The molecule has 224 valence electrons. The van der Waals surface area contributed by atoms with Gasteiger partial charge in [0.25, 0.3) is 0 Å². The van der Waals surface area contributed by atoms with Crippen LogP contribution in [0.5, 0.6) is 0 Å². The first-order valence-corrected chi connectivity index (χ1v) is 16.9. The molecule has 0 saturated heterocycles. The van der Waals surface area contributed by atoms with E-state index in [1.54, 1.807) is 0 Å². The number of rotatable bonds is 4. The lowest BCUT2D eigenvalue weighted by molar-refractivity contribution is 0.654. The summed E-state index contributed by atoms with van der Waals surface area (Å²) in [4.78, 5) is 10.0. The van der Waals surface area contributed by atoms with Crippen molar-refractivity contribution in [3.63, 3.8) is 0 Å². The third kappa shape index (κ3) is 4.27. The molecule has 0 radical (unpaired) electrons. The van der Waals surface area contributed by atoms with Crippen LogP contribution >= 0.6 is 11.3 Å². The van der Waals surface area contributed by atoms with Crippen LogP contribution in [0.25, 0.3) is 97.8 Å². The molecular formula is C44H26N2OS. The fraction of sp³-hybridized carbons (Fsp3) is 0. The molecule has 0 aliphatic rings. The van der Waals surface area contributed by atoms with Crippen molar-refractivity contribution in [2.45, 2.75) is 0 Å². The predicted molar refractivity (Wildman–Crippen MR) is 201 cm³/mol. The van der Waals surface area contributed by atoms with Gasteiger partial charge in [0.2, 0.25) is 5.71 Å². The summed E-state index contributed by atoms with van der Waals surface area (Å²) < 4.78 is 9.10. The second-order valence-electron chi connectivity index (χ2n) is 12.2. The minimum Gasteiger partial charge on any atom is -0.436 e. The van der Waals surface area contributed by atoms with Gasteiger partial charge in [0.15, 0.2) is 0 Å². The second-order valence-corrected chi connectivity index (χ2v) is 13.2. The van der Waals surface area contributed by atoms with E-state index in [1.807, 2.05) is 23.6 Å². The van der Waals surface area contributed by atoms with Crippen molar-refractivity contribution in [2.75, 3.05) is 0 Å². The van der Waals surface area contributed by atoms with Gasteiger partial charge in [-0.1, -0.05) is 127 Å². The highest BCUT2D eigenvalue weighted by atomic mass is 32.1. The molecule has 0 aliphatic carbocycles. The zero-order chi connectivity index (χ0) is 31.6. The van der Waals surface area contributed by atoms with Gasteiger partial charge in [-0.05, 0) is 62.9 Å². The normalized spacial score (nSPS) is 11.8. The Morgan fingerprint density at radius 2 is 1.17 bits per heavy atom. The van der Waals surface area contributed by atoms with Crippen molar-refractivity contribution in [3.8, 4) is 44.6 Å². The molecule has 0 N–H and O–H groups in total. The lowest BCUT2D eigenvalue weighted by Gasteiger charge is -2.09. The second kappa shape index (κ2) is 10.7. The van der Waals surface area contributed by atoms with Gasteiger partial charge in [-0.3, -0.25) is 0 Å². The van der Waals surface area contributed by atoms with E-state index < -0.39 is 0 Å². The molecule has 0 spiro atoms. The number of hydrogen-bond acceptors (Lipinski definition) is 4. The Kier molecular flexibility index (Phi) is 6.05. The maximum Gasteiger partial charge on any atom is 0.246 e. The maximum absolute atomic E-state index is 6.46. The van der Waals surface area contributed by atoms with Crippen molar-refractivity contribution in [1.29, 1.82) is 0 Å². The summed E-state index contributed by atoms with van der Waals surface area (Å²) in [5.74, 6) is 0. The van der Waals surface area contributed by atoms with Gasteiger partial charge in [0.05, 0.1) is 17.3 Å². The summed E-state index contributed by atoms with van der Waals surface area (Å²) in [6.07, 6.45) is 1.83. The van der Waals surface area contributed by atoms with E-state index in [0.717, 1.165) is 60.8 Å². The summed E-state index contributed by atoms with van der Waals surface area (Å²) in [7, 11) is 0. The lowest BCUT2D eigenvalue weighted by Crippen LogP contribution is -1.88. The number of hydrogen-bond donors (Lipinski definition) is 0. The summed E-state index contributed by atoms with van der Waals surface area (Å²) in [6.45, 7) is 0. The van der Waals surface area contributed by atoms with Gasteiger partial charge in [0, 0.05) is 31.3 Å². The number of fused-ring (bicyclic) bond motifs is 8. The van der Waals surface area contributed by atoms with Gasteiger partial charge < -0.3 is 4.42 Å². The van der Waals surface area contributed by atoms with Gasteiger partial charge >= 0.3 is 0 Å². The minimum atomic E-state index is 0.543. The van der Waals surface area contributed by atoms with E-state index in [0.29, 0.717) is 5.71 Å². The SMILES string of the molecule is c1ccc(-c2cc3ccccc3c3c2oc2ncc(-c4cccc(-c5cccc(-c6cccc7c6sc6ccccc67)c5)c4)nc23)cc1. The molecule has 10 rings (SSSR count). The molecule has 3 nitrogen and oxygen atoms in total. The van der Waals surface area contributed by atoms with E-state index in [4.69, 9.17) is 14.4 Å². The van der Waals surface area contributed by atoms with E-state index in [2.05, 4.69) is 146 Å². The third-order valence-electron chi connectivity index (χ3n) is 9.33. The summed E-state index contributed by atoms with van der Waals surface area (Å²) in [5.41, 5.74) is 10.9. The first-order chi connectivity index (χ1) is 23.8. The molecule has 0 aliphatic heterocycles. The average molecular weight is 631 g/mol. The molecule has 0 amide bonds. The molecule has 0 unspecified atom stereocenters.